The number of amides is 1. The minimum atomic E-state index is -0.476. The standard InChI is InChI=1S/C17H21N3O2/c1-14(21)8-9-17(22)20(12-15-6-2-4-10-18-15)13-16-7-3-5-11-19-16/h2-7,10-11,14,21H,8-9,12-13H2,1H3. The van der Waals surface area contributed by atoms with Gasteiger partial charge in [-0.25, -0.2) is 0 Å². The molecule has 116 valence electrons. The Bertz CT molecular complexity index is 531. The van der Waals surface area contributed by atoms with E-state index in [0.29, 0.717) is 25.9 Å². The lowest BCUT2D eigenvalue weighted by Crippen LogP contribution is -2.31. The zero-order valence-electron chi connectivity index (χ0n) is 12.7. The molecule has 0 aliphatic carbocycles. The van der Waals surface area contributed by atoms with Gasteiger partial charge in [0.2, 0.25) is 5.91 Å². The molecule has 0 aromatic carbocycles. The third-order valence-corrected chi connectivity index (χ3v) is 3.29. The average molecular weight is 299 g/mol. The molecule has 1 N–H and O–H groups in total. The summed E-state index contributed by atoms with van der Waals surface area (Å²) in [4.78, 5) is 22.7. The Balaban J connectivity index is 2.07. The molecule has 22 heavy (non-hydrogen) atoms. The molecule has 2 rings (SSSR count). The second-order valence-electron chi connectivity index (χ2n) is 5.28. The smallest absolute Gasteiger partial charge is 0.223 e. The highest BCUT2D eigenvalue weighted by Crippen LogP contribution is 2.10. The van der Waals surface area contributed by atoms with Crippen molar-refractivity contribution in [1.29, 1.82) is 0 Å². The summed E-state index contributed by atoms with van der Waals surface area (Å²) >= 11 is 0. The van der Waals surface area contributed by atoms with E-state index in [1.807, 2.05) is 36.4 Å². The largest absolute Gasteiger partial charge is 0.393 e. The molecule has 5 nitrogen and oxygen atoms in total. The van der Waals surface area contributed by atoms with Crippen LogP contribution in [0.4, 0.5) is 0 Å². The van der Waals surface area contributed by atoms with Crippen LogP contribution in [0.5, 0.6) is 0 Å². The van der Waals surface area contributed by atoms with Gasteiger partial charge in [0.05, 0.1) is 30.6 Å². The van der Waals surface area contributed by atoms with Gasteiger partial charge < -0.3 is 10.0 Å². The second-order valence-corrected chi connectivity index (χ2v) is 5.28. The maximum atomic E-state index is 12.4. The Hall–Kier alpha value is -2.27. The molecule has 0 radical (unpaired) electrons. The highest BCUT2D eigenvalue weighted by Gasteiger charge is 2.16. The van der Waals surface area contributed by atoms with Crippen LogP contribution in [0, 0.1) is 0 Å². The molecule has 0 spiro atoms. The highest BCUT2D eigenvalue weighted by atomic mass is 16.3. The molecule has 0 aliphatic heterocycles. The van der Waals surface area contributed by atoms with Crippen LogP contribution >= 0.6 is 0 Å². The van der Waals surface area contributed by atoms with Gasteiger partial charge in [-0.2, -0.15) is 0 Å². The third-order valence-electron chi connectivity index (χ3n) is 3.29. The molecular weight excluding hydrogens is 278 g/mol. The average Bonchev–Trinajstić information content (AvgIpc) is 2.54. The third kappa shape index (κ3) is 5.26. The Morgan fingerprint density at radius 2 is 1.64 bits per heavy atom. The summed E-state index contributed by atoms with van der Waals surface area (Å²) < 4.78 is 0. The molecule has 0 aliphatic rings. The van der Waals surface area contributed by atoms with Gasteiger partial charge in [-0.1, -0.05) is 12.1 Å². The van der Waals surface area contributed by atoms with Crippen LogP contribution in [-0.2, 0) is 17.9 Å². The number of rotatable bonds is 7. The fraction of sp³-hybridized carbons (Fsp3) is 0.353. The fourth-order valence-electron chi connectivity index (χ4n) is 2.10. The summed E-state index contributed by atoms with van der Waals surface area (Å²) in [6, 6.07) is 11.3. The van der Waals surface area contributed by atoms with E-state index in [1.54, 1.807) is 24.2 Å². The summed E-state index contributed by atoms with van der Waals surface area (Å²) in [7, 11) is 0. The molecule has 2 aromatic heterocycles. The van der Waals surface area contributed by atoms with E-state index < -0.39 is 6.10 Å². The highest BCUT2D eigenvalue weighted by molar-refractivity contribution is 5.76. The van der Waals surface area contributed by atoms with Crippen molar-refractivity contribution in [1.82, 2.24) is 14.9 Å². The lowest BCUT2D eigenvalue weighted by molar-refractivity contribution is -0.133. The van der Waals surface area contributed by atoms with Crippen molar-refractivity contribution < 1.29 is 9.90 Å². The first-order chi connectivity index (χ1) is 10.6. The lowest BCUT2D eigenvalue weighted by Gasteiger charge is -2.22. The maximum Gasteiger partial charge on any atom is 0.223 e. The van der Waals surface area contributed by atoms with Gasteiger partial charge in [-0.05, 0) is 37.6 Å². The number of hydrogen-bond donors (Lipinski definition) is 1. The number of aliphatic hydroxyl groups is 1. The summed E-state index contributed by atoms with van der Waals surface area (Å²) in [6.07, 6.45) is 3.73. The van der Waals surface area contributed by atoms with Crippen molar-refractivity contribution in [2.45, 2.75) is 39.0 Å². The van der Waals surface area contributed by atoms with Crippen LogP contribution in [0.1, 0.15) is 31.2 Å². The van der Waals surface area contributed by atoms with E-state index in [-0.39, 0.29) is 5.91 Å². The summed E-state index contributed by atoms with van der Waals surface area (Å²) in [5, 5.41) is 9.37. The molecule has 0 fully saturated rings. The van der Waals surface area contributed by atoms with Crippen LogP contribution in [0.3, 0.4) is 0 Å². The van der Waals surface area contributed by atoms with Crippen LogP contribution in [0.2, 0.25) is 0 Å². The van der Waals surface area contributed by atoms with E-state index in [9.17, 15) is 9.90 Å². The predicted molar refractivity (Wildman–Crippen MR) is 83.6 cm³/mol. The molecule has 1 unspecified atom stereocenters. The predicted octanol–water partition coefficient (Wildman–Crippen LogP) is 2.17. The maximum absolute atomic E-state index is 12.4. The SMILES string of the molecule is CC(O)CCC(=O)N(Cc1ccccn1)Cc1ccccn1. The Morgan fingerprint density at radius 1 is 1.09 bits per heavy atom. The van der Waals surface area contributed by atoms with Crippen molar-refractivity contribution in [2.75, 3.05) is 0 Å². The van der Waals surface area contributed by atoms with E-state index in [2.05, 4.69) is 9.97 Å². The Labute approximate surface area is 130 Å². The van der Waals surface area contributed by atoms with Gasteiger partial charge in [0, 0.05) is 18.8 Å². The number of nitrogens with zero attached hydrogens (tertiary/aromatic N) is 3. The molecule has 1 amide bonds. The normalized spacial score (nSPS) is 11.9. The molecule has 0 bridgehead atoms. The molecule has 2 heterocycles. The number of pyridine rings is 2. The summed E-state index contributed by atoms with van der Waals surface area (Å²) in [5.74, 6) is -0.00259. The Morgan fingerprint density at radius 3 is 2.05 bits per heavy atom. The van der Waals surface area contributed by atoms with Gasteiger partial charge in [0.25, 0.3) is 0 Å². The van der Waals surface area contributed by atoms with Crippen LogP contribution in [0.25, 0.3) is 0 Å². The van der Waals surface area contributed by atoms with E-state index in [4.69, 9.17) is 0 Å². The van der Waals surface area contributed by atoms with Gasteiger partial charge in [0.1, 0.15) is 0 Å². The zero-order valence-corrected chi connectivity index (χ0v) is 12.7. The van der Waals surface area contributed by atoms with Crippen molar-refractivity contribution in [2.24, 2.45) is 0 Å². The van der Waals surface area contributed by atoms with Gasteiger partial charge in [-0.15, -0.1) is 0 Å². The zero-order chi connectivity index (χ0) is 15.8. The van der Waals surface area contributed by atoms with E-state index in [1.165, 1.54) is 0 Å². The molecule has 0 saturated carbocycles. The lowest BCUT2D eigenvalue weighted by atomic mass is 10.2. The van der Waals surface area contributed by atoms with Gasteiger partial charge >= 0.3 is 0 Å². The Kier molecular flexibility index (Phi) is 6.03. The monoisotopic (exact) mass is 299 g/mol. The van der Waals surface area contributed by atoms with E-state index in [0.717, 1.165) is 11.4 Å². The first kappa shape index (κ1) is 16.1. The van der Waals surface area contributed by atoms with Crippen LogP contribution in [-0.4, -0.2) is 32.0 Å². The van der Waals surface area contributed by atoms with Crippen molar-refractivity contribution >= 4 is 5.91 Å². The first-order valence-electron chi connectivity index (χ1n) is 7.41. The number of aliphatic hydroxyl groups excluding tert-OH is 1. The number of carbonyl (C=O) groups is 1. The molecule has 0 saturated heterocycles. The van der Waals surface area contributed by atoms with Crippen LogP contribution < -0.4 is 0 Å². The number of aromatic nitrogens is 2. The first-order valence-corrected chi connectivity index (χ1v) is 7.41. The summed E-state index contributed by atoms with van der Waals surface area (Å²) in [6.45, 7) is 2.57. The molecule has 5 heteroatoms. The molecule has 1 atom stereocenters. The van der Waals surface area contributed by atoms with Gasteiger partial charge in [0.15, 0.2) is 0 Å². The molecule has 2 aromatic rings. The topological polar surface area (TPSA) is 66.3 Å². The quantitative estimate of drug-likeness (QED) is 0.851. The fourth-order valence-corrected chi connectivity index (χ4v) is 2.10. The minimum Gasteiger partial charge on any atom is -0.393 e. The minimum absolute atomic E-state index is 0.00259. The van der Waals surface area contributed by atoms with Crippen molar-refractivity contribution in [3.63, 3.8) is 0 Å². The van der Waals surface area contributed by atoms with Gasteiger partial charge in [-0.3, -0.25) is 14.8 Å². The van der Waals surface area contributed by atoms with Crippen molar-refractivity contribution in [3.8, 4) is 0 Å². The summed E-state index contributed by atoms with van der Waals surface area (Å²) in [5.41, 5.74) is 1.67. The second kappa shape index (κ2) is 8.24. The number of carbonyl (C=O) groups excluding carboxylic acids is 1. The number of hydrogen-bond acceptors (Lipinski definition) is 4. The molecular formula is C17H21N3O2. The van der Waals surface area contributed by atoms with E-state index >= 15 is 0 Å². The van der Waals surface area contributed by atoms with Crippen LogP contribution in [0.15, 0.2) is 48.8 Å². The van der Waals surface area contributed by atoms with Crippen molar-refractivity contribution in [3.05, 3.63) is 60.2 Å².